The topological polar surface area (TPSA) is 42.7 Å². The highest BCUT2D eigenvalue weighted by Crippen LogP contribution is 2.27. The fourth-order valence-corrected chi connectivity index (χ4v) is 2.54. The monoisotopic (exact) mass is 266 g/mol. The number of nitrogens with one attached hydrogen (secondary N) is 1. The molecule has 0 bridgehead atoms. The molecular formula is C16H18N4. The van der Waals surface area contributed by atoms with Gasteiger partial charge in [-0.25, -0.2) is 4.98 Å². The molecule has 0 saturated carbocycles. The van der Waals surface area contributed by atoms with Crippen LogP contribution in [0.3, 0.4) is 0 Å². The van der Waals surface area contributed by atoms with Crippen LogP contribution in [0.15, 0.2) is 49.1 Å². The molecule has 102 valence electrons. The molecule has 3 aromatic rings. The zero-order chi connectivity index (χ0) is 13.9. The quantitative estimate of drug-likeness (QED) is 0.789. The lowest BCUT2D eigenvalue weighted by atomic mass is 9.99. The molecule has 0 radical (unpaired) electrons. The second kappa shape index (κ2) is 5.43. The zero-order valence-corrected chi connectivity index (χ0v) is 11.7. The van der Waals surface area contributed by atoms with Crippen LogP contribution in [-0.4, -0.2) is 21.1 Å². The van der Waals surface area contributed by atoms with E-state index in [0.29, 0.717) is 0 Å². The van der Waals surface area contributed by atoms with Crippen molar-refractivity contribution in [2.24, 2.45) is 7.05 Å². The highest BCUT2D eigenvalue weighted by atomic mass is 15.0. The summed E-state index contributed by atoms with van der Waals surface area (Å²) in [5.41, 5.74) is 3.27. The molecule has 0 aliphatic carbocycles. The van der Waals surface area contributed by atoms with Gasteiger partial charge in [0.05, 0.1) is 23.6 Å². The van der Waals surface area contributed by atoms with Gasteiger partial charge in [0, 0.05) is 24.8 Å². The molecule has 1 N–H and O–H groups in total. The molecular weight excluding hydrogens is 248 g/mol. The second-order valence-corrected chi connectivity index (χ2v) is 4.87. The number of pyridine rings is 1. The summed E-state index contributed by atoms with van der Waals surface area (Å²) in [6, 6.07) is 10.4. The first kappa shape index (κ1) is 12.8. The number of fused-ring (bicyclic) bond motifs is 1. The first-order valence-corrected chi connectivity index (χ1v) is 6.84. The van der Waals surface area contributed by atoms with Crippen LogP contribution >= 0.6 is 0 Å². The van der Waals surface area contributed by atoms with Crippen LogP contribution in [0.1, 0.15) is 24.2 Å². The van der Waals surface area contributed by atoms with Crippen molar-refractivity contribution in [2.75, 3.05) is 6.54 Å². The summed E-state index contributed by atoms with van der Waals surface area (Å²) in [5.74, 6) is 0. The third-order valence-electron chi connectivity index (χ3n) is 3.42. The lowest BCUT2D eigenvalue weighted by molar-refractivity contribution is 0.621. The van der Waals surface area contributed by atoms with Crippen molar-refractivity contribution in [3.8, 4) is 0 Å². The largest absolute Gasteiger partial charge is 0.340 e. The normalized spacial score (nSPS) is 12.7. The first-order chi connectivity index (χ1) is 9.79. The van der Waals surface area contributed by atoms with Gasteiger partial charge in [-0.3, -0.25) is 4.98 Å². The standard InChI is InChI=1S/C16H18N4/c1-3-17-16(15-10-20(2)11-19-15)13-6-4-8-14-12(13)7-5-9-18-14/h4-11,16-17H,3H2,1-2H3. The predicted molar refractivity (Wildman–Crippen MR) is 80.5 cm³/mol. The third kappa shape index (κ3) is 2.30. The van der Waals surface area contributed by atoms with Crippen molar-refractivity contribution in [3.63, 3.8) is 0 Å². The number of rotatable bonds is 4. The lowest BCUT2D eigenvalue weighted by Gasteiger charge is -2.18. The average molecular weight is 266 g/mol. The number of hydrogen-bond donors (Lipinski definition) is 1. The number of hydrogen-bond acceptors (Lipinski definition) is 3. The van der Waals surface area contributed by atoms with Gasteiger partial charge in [-0.15, -0.1) is 0 Å². The zero-order valence-electron chi connectivity index (χ0n) is 11.7. The average Bonchev–Trinajstić information content (AvgIpc) is 2.91. The molecule has 2 heterocycles. The Hall–Kier alpha value is -2.20. The minimum Gasteiger partial charge on any atom is -0.340 e. The highest BCUT2D eigenvalue weighted by molar-refractivity contribution is 5.82. The number of nitrogens with zero attached hydrogens (tertiary/aromatic N) is 3. The molecule has 0 aliphatic heterocycles. The van der Waals surface area contributed by atoms with Gasteiger partial charge in [-0.1, -0.05) is 25.1 Å². The van der Waals surface area contributed by atoms with E-state index >= 15 is 0 Å². The molecule has 20 heavy (non-hydrogen) atoms. The molecule has 0 spiro atoms. The maximum atomic E-state index is 4.50. The summed E-state index contributed by atoms with van der Waals surface area (Å²) >= 11 is 0. The van der Waals surface area contributed by atoms with Crippen LogP contribution in [0.4, 0.5) is 0 Å². The number of imidazole rings is 1. The lowest BCUT2D eigenvalue weighted by Crippen LogP contribution is -2.22. The maximum Gasteiger partial charge on any atom is 0.0947 e. The number of aryl methyl sites for hydroxylation is 1. The Morgan fingerprint density at radius 2 is 2.10 bits per heavy atom. The van der Waals surface area contributed by atoms with Crippen molar-refractivity contribution in [2.45, 2.75) is 13.0 Å². The van der Waals surface area contributed by atoms with Crippen molar-refractivity contribution in [3.05, 3.63) is 60.3 Å². The van der Waals surface area contributed by atoms with E-state index in [1.165, 1.54) is 10.9 Å². The van der Waals surface area contributed by atoms with Gasteiger partial charge in [0.1, 0.15) is 0 Å². The molecule has 1 atom stereocenters. The highest BCUT2D eigenvalue weighted by Gasteiger charge is 2.17. The Morgan fingerprint density at radius 1 is 1.20 bits per heavy atom. The van der Waals surface area contributed by atoms with E-state index in [1.54, 1.807) is 0 Å². The van der Waals surface area contributed by atoms with Gasteiger partial charge < -0.3 is 9.88 Å². The van der Waals surface area contributed by atoms with Crippen LogP contribution in [0.2, 0.25) is 0 Å². The fourth-order valence-electron chi connectivity index (χ4n) is 2.54. The third-order valence-corrected chi connectivity index (χ3v) is 3.42. The van der Waals surface area contributed by atoms with E-state index in [9.17, 15) is 0 Å². The van der Waals surface area contributed by atoms with Gasteiger partial charge in [0.25, 0.3) is 0 Å². The van der Waals surface area contributed by atoms with Crippen LogP contribution < -0.4 is 5.32 Å². The molecule has 3 rings (SSSR count). The molecule has 1 aromatic carbocycles. The van der Waals surface area contributed by atoms with E-state index in [1.807, 2.05) is 36.3 Å². The maximum absolute atomic E-state index is 4.50. The fraction of sp³-hybridized carbons (Fsp3) is 0.250. The molecule has 1 unspecified atom stereocenters. The van der Waals surface area contributed by atoms with Crippen molar-refractivity contribution >= 4 is 10.9 Å². The minimum absolute atomic E-state index is 0.0918. The Morgan fingerprint density at radius 3 is 2.85 bits per heavy atom. The van der Waals surface area contributed by atoms with E-state index in [2.05, 4.69) is 46.6 Å². The van der Waals surface area contributed by atoms with E-state index in [-0.39, 0.29) is 6.04 Å². The molecule has 2 aromatic heterocycles. The van der Waals surface area contributed by atoms with Gasteiger partial charge in [-0.05, 0) is 24.2 Å². The Labute approximate surface area is 118 Å². The van der Waals surface area contributed by atoms with Gasteiger partial charge in [0.2, 0.25) is 0 Å². The minimum atomic E-state index is 0.0918. The van der Waals surface area contributed by atoms with Crippen LogP contribution in [-0.2, 0) is 7.05 Å². The van der Waals surface area contributed by atoms with E-state index < -0.39 is 0 Å². The SMILES string of the molecule is CCNC(c1cn(C)cn1)c1cccc2ncccc12. The Kier molecular flexibility index (Phi) is 3.48. The van der Waals surface area contributed by atoms with Gasteiger partial charge in [0.15, 0.2) is 0 Å². The molecule has 0 amide bonds. The van der Waals surface area contributed by atoms with Crippen LogP contribution in [0, 0.1) is 0 Å². The summed E-state index contributed by atoms with van der Waals surface area (Å²) in [6.45, 7) is 3.00. The smallest absolute Gasteiger partial charge is 0.0947 e. The van der Waals surface area contributed by atoms with E-state index in [0.717, 1.165) is 17.8 Å². The summed E-state index contributed by atoms with van der Waals surface area (Å²) in [6.07, 6.45) is 5.72. The van der Waals surface area contributed by atoms with Gasteiger partial charge in [-0.2, -0.15) is 0 Å². The van der Waals surface area contributed by atoms with Crippen molar-refractivity contribution in [1.82, 2.24) is 19.9 Å². The molecule has 0 fully saturated rings. The molecule has 0 saturated heterocycles. The van der Waals surface area contributed by atoms with Crippen LogP contribution in [0.5, 0.6) is 0 Å². The Balaban J connectivity index is 2.14. The number of aromatic nitrogens is 3. The van der Waals surface area contributed by atoms with E-state index in [4.69, 9.17) is 0 Å². The number of benzene rings is 1. The van der Waals surface area contributed by atoms with Crippen molar-refractivity contribution in [1.29, 1.82) is 0 Å². The molecule has 4 nitrogen and oxygen atoms in total. The molecule has 4 heteroatoms. The summed E-state index contributed by atoms with van der Waals surface area (Å²) in [4.78, 5) is 8.93. The van der Waals surface area contributed by atoms with Gasteiger partial charge >= 0.3 is 0 Å². The predicted octanol–water partition coefficient (Wildman–Crippen LogP) is 2.67. The first-order valence-electron chi connectivity index (χ1n) is 6.84. The molecule has 0 aliphatic rings. The van der Waals surface area contributed by atoms with Crippen LogP contribution in [0.25, 0.3) is 10.9 Å². The summed E-state index contributed by atoms with van der Waals surface area (Å²) in [7, 11) is 1.99. The second-order valence-electron chi connectivity index (χ2n) is 4.87. The van der Waals surface area contributed by atoms with Crippen molar-refractivity contribution < 1.29 is 0 Å². The Bertz CT molecular complexity index is 712. The summed E-state index contributed by atoms with van der Waals surface area (Å²) < 4.78 is 1.98. The summed E-state index contributed by atoms with van der Waals surface area (Å²) in [5, 5.41) is 4.69.